The number of methoxy groups -OCH3 is 2. The van der Waals surface area contributed by atoms with Gasteiger partial charge in [0.2, 0.25) is 5.91 Å². The highest BCUT2D eigenvalue weighted by Crippen LogP contribution is 2.25. The van der Waals surface area contributed by atoms with E-state index in [2.05, 4.69) is 16.0 Å². The number of amides is 3. The van der Waals surface area contributed by atoms with E-state index in [0.717, 1.165) is 0 Å². The molecule has 2 rings (SSSR count). The van der Waals surface area contributed by atoms with Crippen molar-refractivity contribution in [3.63, 3.8) is 0 Å². The summed E-state index contributed by atoms with van der Waals surface area (Å²) in [5, 5.41) is 7.55. The molecule has 1 aromatic carbocycles. The number of hydrogen-bond acceptors (Lipinski definition) is 6. The van der Waals surface area contributed by atoms with Crippen molar-refractivity contribution in [2.24, 2.45) is 0 Å². The lowest BCUT2D eigenvalue weighted by atomic mass is 10.2. The second kappa shape index (κ2) is 8.06. The topological polar surface area (TPSA) is 123 Å². The Hall–Kier alpha value is -2.49. The average molecular weight is 371 g/mol. The molecule has 10 heteroatoms. The average Bonchev–Trinajstić information content (AvgIpc) is 2.91. The Kier molecular flexibility index (Phi) is 6.07. The Bertz CT molecular complexity index is 727. The van der Waals surface area contributed by atoms with Crippen molar-refractivity contribution >= 4 is 27.5 Å². The maximum atomic E-state index is 11.9. The van der Waals surface area contributed by atoms with Gasteiger partial charge >= 0.3 is 6.03 Å². The van der Waals surface area contributed by atoms with Crippen molar-refractivity contribution in [3.8, 4) is 11.5 Å². The highest BCUT2D eigenvalue weighted by molar-refractivity contribution is 7.91. The van der Waals surface area contributed by atoms with E-state index < -0.39 is 27.8 Å². The predicted molar refractivity (Wildman–Crippen MR) is 91.8 cm³/mol. The van der Waals surface area contributed by atoms with Gasteiger partial charge in [0, 0.05) is 29.9 Å². The summed E-state index contributed by atoms with van der Waals surface area (Å²) in [5.41, 5.74) is 0.463. The molecule has 1 fully saturated rings. The number of benzene rings is 1. The van der Waals surface area contributed by atoms with Crippen LogP contribution in [0.1, 0.15) is 6.42 Å². The van der Waals surface area contributed by atoms with Crippen molar-refractivity contribution < 1.29 is 27.5 Å². The van der Waals surface area contributed by atoms with Gasteiger partial charge in [0.25, 0.3) is 0 Å². The molecule has 0 aliphatic carbocycles. The molecule has 0 aromatic heterocycles. The van der Waals surface area contributed by atoms with Gasteiger partial charge in [-0.1, -0.05) is 0 Å². The SMILES string of the molecule is COc1cc(NC(=O)CNC(=O)N[C@H]2CCS(=O)(=O)C2)cc(OC)c1. The summed E-state index contributed by atoms with van der Waals surface area (Å²) >= 11 is 0. The molecule has 1 aliphatic rings. The molecule has 1 heterocycles. The largest absolute Gasteiger partial charge is 0.497 e. The lowest BCUT2D eigenvalue weighted by Gasteiger charge is -2.13. The van der Waals surface area contributed by atoms with Crippen LogP contribution in [0.4, 0.5) is 10.5 Å². The second-order valence-electron chi connectivity index (χ2n) is 5.58. The molecule has 138 valence electrons. The van der Waals surface area contributed by atoms with Gasteiger partial charge in [-0.05, 0) is 6.42 Å². The monoisotopic (exact) mass is 371 g/mol. The van der Waals surface area contributed by atoms with Crippen LogP contribution in [0.25, 0.3) is 0 Å². The first kappa shape index (κ1) is 18.8. The Balaban J connectivity index is 1.81. The van der Waals surface area contributed by atoms with Crippen molar-refractivity contribution in [2.45, 2.75) is 12.5 Å². The molecule has 0 saturated carbocycles. The minimum Gasteiger partial charge on any atom is -0.497 e. The molecule has 3 N–H and O–H groups in total. The minimum atomic E-state index is -3.07. The van der Waals surface area contributed by atoms with Crippen LogP contribution in [0.3, 0.4) is 0 Å². The van der Waals surface area contributed by atoms with Gasteiger partial charge in [-0.2, -0.15) is 0 Å². The first-order valence-corrected chi connectivity index (χ1v) is 9.41. The third kappa shape index (κ3) is 5.82. The van der Waals surface area contributed by atoms with Crippen LogP contribution < -0.4 is 25.4 Å². The fourth-order valence-electron chi connectivity index (χ4n) is 2.39. The van der Waals surface area contributed by atoms with E-state index in [4.69, 9.17) is 9.47 Å². The molecule has 0 bridgehead atoms. The summed E-state index contributed by atoms with van der Waals surface area (Å²) in [7, 11) is -0.0808. The van der Waals surface area contributed by atoms with Crippen LogP contribution in [-0.2, 0) is 14.6 Å². The zero-order valence-electron chi connectivity index (χ0n) is 14.0. The van der Waals surface area contributed by atoms with Crippen molar-refractivity contribution in [1.82, 2.24) is 10.6 Å². The van der Waals surface area contributed by atoms with Crippen LogP contribution in [0.5, 0.6) is 11.5 Å². The molecule has 25 heavy (non-hydrogen) atoms. The number of carbonyl (C=O) groups is 2. The van der Waals surface area contributed by atoms with Gasteiger partial charge in [0.1, 0.15) is 11.5 Å². The summed E-state index contributed by atoms with van der Waals surface area (Å²) in [6.45, 7) is -0.259. The standard InChI is InChI=1S/C15H21N3O6S/c1-23-12-5-11(6-13(7-12)24-2)17-14(19)8-16-15(20)18-10-3-4-25(21,22)9-10/h5-7,10H,3-4,8-9H2,1-2H3,(H,17,19)(H2,16,18,20)/t10-/m0/s1. The van der Waals surface area contributed by atoms with E-state index in [0.29, 0.717) is 23.6 Å². The summed E-state index contributed by atoms with van der Waals surface area (Å²) in [6, 6.07) is 3.89. The smallest absolute Gasteiger partial charge is 0.315 e. The van der Waals surface area contributed by atoms with Gasteiger partial charge in [0.05, 0.1) is 32.3 Å². The maximum absolute atomic E-state index is 11.9. The Morgan fingerprint density at radius 3 is 2.32 bits per heavy atom. The quantitative estimate of drug-likeness (QED) is 0.653. The molecular formula is C15H21N3O6S. The summed E-state index contributed by atoms with van der Waals surface area (Å²) in [4.78, 5) is 23.7. The third-order valence-corrected chi connectivity index (χ3v) is 5.38. The highest BCUT2D eigenvalue weighted by Gasteiger charge is 2.28. The number of sulfone groups is 1. The first-order valence-electron chi connectivity index (χ1n) is 7.59. The lowest BCUT2D eigenvalue weighted by molar-refractivity contribution is -0.115. The number of carbonyl (C=O) groups excluding carboxylic acids is 2. The first-order chi connectivity index (χ1) is 11.8. The highest BCUT2D eigenvalue weighted by atomic mass is 32.2. The van der Waals surface area contributed by atoms with Crippen LogP contribution >= 0.6 is 0 Å². The zero-order chi connectivity index (χ0) is 18.4. The summed E-state index contributed by atoms with van der Waals surface area (Å²) in [6.07, 6.45) is 0.381. The van der Waals surface area contributed by atoms with Crippen LogP contribution in [0.2, 0.25) is 0 Å². The zero-order valence-corrected chi connectivity index (χ0v) is 14.8. The second-order valence-corrected chi connectivity index (χ2v) is 7.81. The van der Waals surface area contributed by atoms with Gasteiger partial charge in [0.15, 0.2) is 9.84 Å². The van der Waals surface area contributed by atoms with Gasteiger partial charge < -0.3 is 25.4 Å². The summed E-state index contributed by atoms with van der Waals surface area (Å²) < 4.78 is 32.9. The Morgan fingerprint density at radius 2 is 1.80 bits per heavy atom. The fraction of sp³-hybridized carbons (Fsp3) is 0.467. The van der Waals surface area contributed by atoms with Crippen LogP contribution in [0.15, 0.2) is 18.2 Å². The molecule has 1 saturated heterocycles. The maximum Gasteiger partial charge on any atom is 0.315 e. The molecule has 0 radical (unpaired) electrons. The van der Waals surface area contributed by atoms with Crippen molar-refractivity contribution in [1.29, 1.82) is 0 Å². The van der Waals surface area contributed by atoms with Gasteiger partial charge in [-0.15, -0.1) is 0 Å². The predicted octanol–water partition coefficient (Wildman–Crippen LogP) is 0.129. The van der Waals surface area contributed by atoms with Crippen LogP contribution in [-0.4, -0.2) is 58.7 Å². The number of rotatable bonds is 6. The number of anilines is 1. The van der Waals surface area contributed by atoms with Crippen LogP contribution in [0, 0.1) is 0 Å². The minimum absolute atomic E-state index is 0.0656. The third-order valence-electron chi connectivity index (χ3n) is 3.61. The number of ether oxygens (including phenoxy) is 2. The molecule has 9 nitrogen and oxygen atoms in total. The molecule has 1 atom stereocenters. The molecule has 3 amide bonds. The van der Waals surface area contributed by atoms with Crippen molar-refractivity contribution in [3.05, 3.63) is 18.2 Å². The van der Waals surface area contributed by atoms with E-state index in [1.165, 1.54) is 14.2 Å². The van der Waals surface area contributed by atoms with E-state index in [1.807, 2.05) is 0 Å². The normalized spacial score (nSPS) is 18.2. The molecular weight excluding hydrogens is 350 g/mol. The van der Waals surface area contributed by atoms with Gasteiger partial charge in [-0.3, -0.25) is 4.79 Å². The van der Waals surface area contributed by atoms with E-state index in [9.17, 15) is 18.0 Å². The molecule has 1 aliphatic heterocycles. The molecule has 0 spiro atoms. The fourth-order valence-corrected chi connectivity index (χ4v) is 4.06. The number of urea groups is 1. The van der Waals surface area contributed by atoms with Gasteiger partial charge in [-0.25, -0.2) is 13.2 Å². The van der Waals surface area contributed by atoms with E-state index in [1.54, 1.807) is 18.2 Å². The van der Waals surface area contributed by atoms with E-state index in [-0.39, 0.29) is 18.1 Å². The number of nitrogens with one attached hydrogen (secondary N) is 3. The van der Waals surface area contributed by atoms with E-state index >= 15 is 0 Å². The molecule has 1 aromatic rings. The summed E-state index contributed by atoms with van der Waals surface area (Å²) in [5.74, 6) is 0.585. The Labute approximate surface area is 146 Å². The number of hydrogen-bond donors (Lipinski definition) is 3. The Morgan fingerprint density at radius 1 is 1.16 bits per heavy atom. The lowest BCUT2D eigenvalue weighted by Crippen LogP contribution is -2.45. The van der Waals surface area contributed by atoms with Crippen molar-refractivity contribution in [2.75, 3.05) is 37.6 Å². The molecule has 0 unspecified atom stereocenters.